The molecule has 1 amide bonds. The van der Waals surface area contributed by atoms with Crippen molar-refractivity contribution in [2.45, 2.75) is 0 Å². The Morgan fingerprint density at radius 1 is 1.50 bits per heavy atom. The lowest BCUT2D eigenvalue weighted by Gasteiger charge is -2.05. The number of aromatic hydroxyl groups is 1. The minimum absolute atomic E-state index is 0.0586. The maximum Gasteiger partial charge on any atom is 0.247 e. The fourth-order valence-electron chi connectivity index (χ4n) is 0.840. The maximum absolute atomic E-state index is 10.9. The summed E-state index contributed by atoms with van der Waals surface area (Å²) in [7, 11) is 0. The Morgan fingerprint density at radius 2 is 2.14 bits per heavy atom. The van der Waals surface area contributed by atoms with Crippen molar-refractivity contribution in [3.8, 4) is 5.75 Å². The van der Waals surface area contributed by atoms with Crippen LogP contribution in [0.2, 0.25) is 10.0 Å². The Balaban J connectivity index is 3.01. The van der Waals surface area contributed by atoms with Crippen LogP contribution in [0.4, 0.5) is 5.69 Å². The molecule has 2 N–H and O–H groups in total. The number of carbonyl (C=O) groups excluding carboxylic acids is 1. The van der Waals surface area contributed by atoms with Gasteiger partial charge in [0.2, 0.25) is 5.91 Å². The standard InChI is InChI=1S/C9H7Cl2NO2/c1-2-8(14)12-5-3-6(10)9(11)7(13)4-5/h2-4,13H,1H2,(H,12,14). The van der Waals surface area contributed by atoms with Crippen LogP contribution < -0.4 is 5.32 Å². The summed E-state index contributed by atoms with van der Waals surface area (Å²) in [4.78, 5) is 10.9. The van der Waals surface area contributed by atoms with Gasteiger partial charge in [-0.05, 0) is 12.1 Å². The number of nitrogens with one attached hydrogen (secondary N) is 1. The first-order valence-electron chi connectivity index (χ1n) is 3.66. The van der Waals surface area contributed by atoms with Gasteiger partial charge < -0.3 is 10.4 Å². The van der Waals surface area contributed by atoms with Crippen molar-refractivity contribution in [1.82, 2.24) is 0 Å². The van der Waals surface area contributed by atoms with Crippen LogP contribution in [0, 0.1) is 0 Å². The number of amides is 1. The molecule has 0 saturated carbocycles. The van der Waals surface area contributed by atoms with Crippen LogP contribution in [0.15, 0.2) is 24.8 Å². The Kier molecular flexibility index (Phi) is 3.38. The molecule has 3 nitrogen and oxygen atoms in total. The highest BCUT2D eigenvalue weighted by molar-refractivity contribution is 6.43. The quantitative estimate of drug-likeness (QED) is 0.770. The number of phenolic OH excluding ortho intramolecular Hbond substituents is 1. The molecule has 0 aliphatic carbocycles. The van der Waals surface area contributed by atoms with E-state index >= 15 is 0 Å². The van der Waals surface area contributed by atoms with Crippen molar-refractivity contribution in [3.05, 3.63) is 34.8 Å². The summed E-state index contributed by atoms with van der Waals surface area (Å²) in [5.74, 6) is -0.568. The Labute approximate surface area is 90.9 Å². The van der Waals surface area contributed by atoms with E-state index in [1.54, 1.807) is 0 Å². The SMILES string of the molecule is C=CC(=O)Nc1cc(O)c(Cl)c(Cl)c1. The Morgan fingerprint density at radius 3 is 2.64 bits per heavy atom. The number of benzene rings is 1. The summed E-state index contributed by atoms with van der Waals surface area (Å²) in [6, 6.07) is 2.74. The first kappa shape index (κ1) is 10.9. The van der Waals surface area contributed by atoms with E-state index in [-0.39, 0.29) is 21.7 Å². The van der Waals surface area contributed by atoms with Gasteiger partial charge in [0, 0.05) is 11.8 Å². The van der Waals surface area contributed by atoms with Crippen LogP contribution in [0.3, 0.4) is 0 Å². The van der Waals surface area contributed by atoms with Crippen LogP contribution in [0.1, 0.15) is 0 Å². The third-order valence-electron chi connectivity index (χ3n) is 1.46. The van der Waals surface area contributed by atoms with Crippen LogP contribution in [-0.4, -0.2) is 11.0 Å². The molecule has 0 spiro atoms. The summed E-state index contributed by atoms with van der Waals surface area (Å²) < 4.78 is 0. The molecule has 0 unspecified atom stereocenters. The molecule has 0 aliphatic heterocycles. The molecule has 0 radical (unpaired) electrons. The lowest BCUT2D eigenvalue weighted by molar-refractivity contribution is -0.111. The predicted molar refractivity (Wildman–Crippen MR) is 57.0 cm³/mol. The molecule has 1 rings (SSSR count). The van der Waals surface area contributed by atoms with Gasteiger partial charge in [-0.1, -0.05) is 29.8 Å². The first-order valence-corrected chi connectivity index (χ1v) is 4.41. The average Bonchev–Trinajstić information content (AvgIpc) is 2.14. The van der Waals surface area contributed by atoms with E-state index in [0.717, 1.165) is 6.08 Å². The highest BCUT2D eigenvalue weighted by atomic mass is 35.5. The van der Waals surface area contributed by atoms with Crippen LogP contribution in [0.5, 0.6) is 5.75 Å². The summed E-state index contributed by atoms with van der Waals surface area (Å²) in [6.07, 6.45) is 1.11. The highest BCUT2D eigenvalue weighted by Gasteiger charge is 2.07. The highest BCUT2D eigenvalue weighted by Crippen LogP contribution is 2.34. The van der Waals surface area contributed by atoms with E-state index in [1.807, 2.05) is 0 Å². The number of hydrogen-bond acceptors (Lipinski definition) is 2. The number of carbonyl (C=O) groups is 1. The zero-order chi connectivity index (χ0) is 10.7. The second-order valence-electron chi connectivity index (χ2n) is 2.48. The third-order valence-corrected chi connectivity index (χ3v) is 2.25. The summed E-state index contributed by atoms with van der Waals surface area (Å²) >= 11 is 11.3. The van der Waals surface area contributed by atoms with Crippen molar-refractivity contribution >= 4 is 34.8 Å². The lowest BCUT2D eigenvalue weighted by atomic mass is 10.3. The molecule has 0 heterocycles. The molecule has 0 aliphatic rings. The number of rotatable bonds is 2. The van der Waals surface area contributed by atoms with Gasteiger partial charge in [-0.3, -0.25) is 4.79 Å². The van der Waals surface area contributed by atoms with E-state index in [0.29, 0.717) is 5.69 Å². The van der Waals surface area contributed by atoms with Gasteiger partial charge in [-0.15, -0.1) is 0 Å². The predicted octanol–water partition coefficient (Wildman–Crippen LogP) is 2.82. The molecule has 0 aromatic heterocycles. The molecular formula is C9H7Cl2NO2. The maximum atomic E-state index is 10.9. The smallest absolute Gasteiger partial charge is 0.247 e. The fraction of sp³-hybridized carbons (Fsp3) is 0. The van der Waals surface area contributed by atoms with Crippen molar-refractivity contribution in [2.75, 3.05) is 5.32 Å². The molecule has 0 saturated heterocycles. The minimum atomic E-state index is -0.386. The number of anilines is 1. The van der Waals surface area contributed by atoms with Gasteiger partial charge in [-0.25, -0.2) is 0 Å². The van der Waals surface area contributed by atoms with Crippen molar-refractivity contribution in [1.29, 1.82) is 0 Å². The zero-order valence-electron chi connectivity index (χ0n) is 7.05. The molecular weight excluding hydrogens is 225 g/mol. The zero-order valence-corrected chi connectivity index (χ0v) is 8.56. The van der Waals surface area contributed by atoms with Gasteiger partial charge in [-0.2, -0.15) is 0 Å². The molecule has 0 bridgehead atoms. The first-order chi connectivity index (χ1) is 6.54. The van der Waals surface area contributed by atoms with Gasteiger partial charge in [0.25, 0.3) is 0 Å². The molecule has 74 valence electrons. The Hall–Kier alpha value is -1.19. The minimum Gasteiger partial charge on any atom is -0.506 e. The number of phenols is 1. The molecule has 5 heteroatoms. The van der Waals surface area contributed by atoms with Gasteiger partial charge in [0.1, 0.15) is 10.8 Å². The molecule has 0 fully saturated rings. The van der Waals surface area contributed by atoms with Crippen molar-refractivity contribution < 1.29 is 9.90 Å². The summed E-state index contributed by atoms with van der Waals surface area (Å²) in [5, 5.41) is 11.9. The summed E-state index contributed by atoms with van der Waals surface area (Å²) in [5.41, 5.74) is 0.363. The molecule has 0 atom stereocenters. The lowest BCUT2D eigenvalue weighted by Crippen LogP contribution is -2.06. The summed E-state index contributed by atoms with van der Waals surface area (Å²) in [6.45, 7) is 3.29. The molecule has 14 heavy (non-hydrogen) atoms. The number of halogens is 2. The second-order valence-corrected chi connectivity index (χ2v) is 3.27. The van der Waals surface area contributed by atoms with Crippen LogP contribution >= 0.6 is 23.2 Å². The van der Waals surface area contributed by atoms with Crippen molar-refractivity contribution in [3.63, 3.8) is 0 Å². The van der Waals surface area contributed by atoms with E-state index in [4.69, 9.17) is 23.2 Å². The fourth-order valence-corrected chi connectivity index (χ4v) is 1.16. The monoisotopic (exact) mass is 231 g/mol. The third kappa shape index (κ3) is 2.40. The Bertz CT molecular complexity index is 367. The van der Waals surface area contributed by atoms with Gasteiger partial charge in [0.15, 0.2) is 0 Å². The van der Waals surface area contributed by atoms with E-state index in [1.165, 1.54) is 12.1 Å². The van der Waals surface area contributed by atoms with E-state index < -0.39 is 0 Å². The van der Waals surface area contributed by atoms with E-state index in [2.05, 4.69) is 11.9 Å². The average molecular weight is 232 g/mol. The van der Waals surface area contributed by atoms with Gasteiger partial charge >= 0.3 is 0 Å². The van der Waals surface area contributed by atoms with Crippen LogP contribution in [-0.2, 0) is 4.79 Å². The van der Waals surface area contributed by atoms with Crippen molar-refractivity contribution in [2.24, 2.45) is 0 Å². The van der Waals surface area contributed by atoms with Crippen LogP contribution in [0.25, 0.3) is 0 Å². The van der Waals surface area contributed by atoms with E-state index in [9.17, 15) is 9.90 Å². The topological polar surface area (TPSA) is 49.3 Å². The largest absolute Gasteiger partial charge is 0.506 e. The van der Waals surface area contributed by atoms with Gasteiger partial charge in [0.05, 0.1) is 5.02 Å². The number of hydrogen-bond donors (Lipinski definition) is 2. The molecule has 1 aromatic rings. The normalized spacial score (nSPS) is 9.57. The second kappa shape index (κ2) is 4.35. The molecule has 1 aromatic carbocycles.